The number of aryl methyl sites for hydroxylation is 1. The maximum atomic E-state index is 12.8. The van der Waals surface area contributed by atoms with E-state index in [9.17, 15) is 9.59 Å². The predicted octanol–water partition coefficient (Wildman–Crippen LogP) is 1.26. The van der Waals surface area contributed by atoms with Crippen LogP contribution in [0.2, 0.25) is 0 Å². The Morgan fingerprint density at radius 3 is 2.75 bits per heavy atom. The van der Waals surface area contributed by atoms with Crippen molar-refractivity contribution < 1.29 is 14.3 Å². The molecule has 0 aliphatic carbocycles. The molecule has 8 heteroatoms. The molecule has 1 aromatic heterocycles. The highest BCUT2D eigenvalue weighted by atomic mass is 16.5. The van der Waals surface area contributed by atoms with E-state index in [0.717, 1.165) is 26.1 Å². The summed E-state index contributed by atoms with van der Waals surface area (Å²) in [5.74, 6) is 1.72. The number of nitrogens with zero attached hydrogens (tertiary/aromatic N) is 3. The summed E-state index contributed by atoms with van der Waals surface area (Å²) in [6, 6.07) is 3.34. The van der Waals surface area contributed by atoms with E-state index in [4.69, 9.17) is 9.47 Å². The summed E-state index contributed by atoms with van der Waals surface area (Å²) < 4.78 is 12.1. The van der Waals surface area contributed by atoms with Gasteiger partial charge >= 0.3 is 0 Å². The van der Waals surface area contributed by atoms with E-state index in [1.54, 1.807) is 23.8 Å². The number of benzene rings is 1. The molecule has 1 atom stereocenters. The Bertz CT molecular complexity index is 896. The molecule has 1 aromatic carbocycles. The van der Waals surface area contributed by atoms with Crippen LogP contribution in [0.15, 0.2) is 23.3 Å². The van der Waals surface area contributed by atoms with Gasteiger partial charge in [-0.2, -0.15) is 0 Å². The van der Waals surface area contributed by atoms with Crippen LogP contribution in [0.25, 0.3) is 10.9 Å². The second-order valence-electron chi connectivity index (χ2n) is 7.12. The quantitative estimate of drug-likeness (QED) is 0.733. The first kappa shape index (κ1) is 20.1. The first-order valence-corrected chi connectivity index (χ1v) is 9.61. The SMILES string of the molecule is CNCC1CCN(C(=O)CCCn2cnc3cc(OC)c(OC)cc3c2=O)C1. The number of hydrogen-bond donors (Lipinski definition) is 1. The van der Waals surface area contributed by atoms with Crippen LogP contribution in [-0.2, 0) is 11.3 Å². The third-order valence-corrected chi connectivity index (χ3v) is 5.25. The number of aromatic nitrogens is 2. The van der Waals surface area contributed by atoms with Gasteiger partial charge in [-0.25, -0.2) is 4.98 Å². The number of likely N-dealkylation sites (tertiary alicyclic amines) is 1. The molecule has 1 aliphatic rings. The van der Waals surface area contributed by atoms with Crippen LogP contribution in [0.4, 0.5) is 0 Å². The first-order valence-electron chi connectivity index (χ1n) is 9.61. The Morgan fingerprint density at radius 1 is 1.29 bits per heavy atom. The van der Waals surface area contributed by atoms with E-state index >= 15 is 0 Å². The van der Waals surface area contributed by atoms with Crippen LogP contribution in [0.3, 0.4) is 0 Å². The fourth-order valence-corrected chi connectivity index (χ4v) is 3.72. The summed E-state index contributed by atoms with van der Waals surface area (Å²) in [6.45, 7) is 3.04. The van der Waals surface area contributed by atoms with Gasteiger partial charge in [-0.15, -0.1) is 0 Å². The molecule has 2 heterocycles. The van der Waals surface area contributed by atoms with Crippen molar-refractivity contribution in [3.05, 3.63) is 28.8 Å². The van der Waals surface area contributed by atoms with Gasteiger partial charge in [-0.3, -0.25) is 14.2 Å². The number of fused-ring (bicyclic) bond motifs is 1. The number of carbonyl (C=O) groups is 1. The number of ether oxygens (including phenoxy) is 2. The Labute approximate surface area is 164 Å². The summed E-state index contributed by atoms with van der Waals surface area (Å²) in [7, 11) is 5.01. The van der Waals surface area contributed by atoms with E-state index in [2.05, 4.69) is 10.3 Å². The fraction of sp³-hybridized carbons (Fsp3) is 0.550. The van der Waals surface area contributed by atoms with Crippen LogP contribution in [-0.4, -0.2) is 61.3 Å². The topological polar surface area (TPSA) is 85.7 Å². The van der Waals surface area contributed by atoms with E-state index in [0.29, 0.717) is 47.7 Å². The number of carbonyl (C=O) groups excluding carboxylic acids is 1. The van der Waals surface area contributed by atoms with Crippen molar-refractivity contribution in [3.63, 3.8) is 0 Å². The normalized spacial score (nSPS) is 16.5. The van der Waals surface area contributed by atoms with Crippen molar-refractivity contribution in [1.82, 2.24) is 19.8 Å². The molecule has 3 rings (SSSR count). The molecule has 0 radical (unpaired) electrons. The molecule has 152 valence electrons. The van der Waals surface area contributed by atoms with Crippen molar-refractivity contribution in [2.45, 2.75) is 25.8 Å². The molecule has 1 unspecified atom stereocenters. The van der Waals surface area contributed by atoms with E-state index in [1.807, 2.05) is 11.9 Å². The Hall–Kier alpha value is -2.61. The van der Waals surface area contributed by atoms with Crippen molar-refractivity contribution in [2.24, 2.45) is 5.92 Å². The van der Waals surface area contributed by atoms with Crippen LogP contribution in [0, 0.1) is 5.92 Å². The van der Waals surface area contributed by atoms with Gasteiger partial charge in [0.2, 0.25) is 5.91 Å². The molecule has 1 amide bonds. The van der Waals surface area contributed by atoms with Gasteiger partial charge in [0.15, 0.2) is 11.5 Å². The van der Waals surface area contributed by atoms with Crippen LogP contribution in [0.1, 0.15) is 19.3 Å². The summed E-state index contributed by atoms with van der Waals surface area (Å²) in [4.78, 5) is 31.5. The molecule has 2 aromatic rings. The zero-order valence-corrected chi connectivity index (χ0v) is 16.7. The molecule has 8 nitrogen and oxygen atoms in total. The summed E-state index contributed by atoms with van der Waals surface area (Å²) in [5.41, 5.74) is 0.413. The van der Waals surface area contributed by atoms with E-state index < -0.39 is 0 Å². The highest BCUT2D eigenvalue weighted by Crippen LogP contribution is 2.29. The highest BCUT2D eigenvalue weighted by molar-refractivity contribution is 5.81. The Kier molecular flexibility index (Phi) is 6.51. The monoisotopic (exact) mass is 388 g/mol. The van der Waals surface area contributed by atoms with Crippen molar-refractivity contribution in [2.75, 3.05) is 40.9 Å². The number of hydrogen-bond acceptors (Lipinski definition) is 6. The minimum atomic E-state index is -0.145. The zero-order chi connectivity index (χ0) is 20.1. The number of methoxy groups -OCH3 is 2. The van der Waals surface area contributed by atoms with Crippen LogP contribution < -0.4 is 20.3 Å². The Morgan fingerprint density at radius 2 is 2.04 bits per heavy atom. The van der Waals surface area contributed by atoms with Gasteiger partial charge in [0.25, 0.3) is 5.56 Å². The standard InChI is InChI=1S/C20H28N4O4/c1-21-11-14-6-8-23(12-14)19(25)5-4-7-24-13-22-16-10-18(28-3)17(27-2)9-15(16)20(24)26/h9-10,13-14,21H,4-8,11-12H2,1-3H3. The van der Waals surface area contributed by atoms with Crippen molar-refractivity contribution in [3.8, 4) is 11.5 Å². The van der Waals surface area contributed by atoms with E-state index in [1.165, 1.54) is 13.4 Å². The molecular formula is C20H28N4O4. The lowest BCUT2D eigenvalue weighted by Crippen LogP contribution is -2.30. The Balaban J connectivity index is 1.64. The summed E-state index contributed by atoms with van der Waals surface area (Å²) >= 11 is 0. The fourth-order valence-electron chi connectivity index (χ4n) is 3.72. The lowest BCUT2D eigenvalue weighted by molar-refractivity contribution is -0.130. The zero-order valence-electron chi connectivity index (χ0n) is 16.7. The maximum Gasteiger partial charge on any atom is 0.261 e. The second kappa shape index (κ2) is 9.05. The molecule has 0 saturated carbocycles. The molecule has 1 aliphatic heterocycles. The third-order valence-electron chi connectivity index (χ3n) is 5.25. The lowest BCUT2D eigenvalue weighted by Gasteiger charge is -2.16. The van der Waals surface area contributed by atoms with Gasteiger partial charge in [0, 0.05) is 32.1 Å². The predicted molar refractivity (Wildman–Crippen MR) is 107 cm³/mol. The second-order valence-corrected chi connectivity index (χ2v) is 7.12. The average Bonchev–Trinajstić information content (AvgIpc) is 3.18. The molecule has 1 N–H and O–H groups in total. The van der Waals surface area contributed by atoms with E-state index in [-0.39, 0.29) is 11.5 Å². The summed E-state index contributed by atoms with van der Waals surface area (Å²) in [5, 5.41) is 3.64. The smallest absolute Gasteiger partial charge is 0.261 e. The van der Waals surface area contributed by atoms with Crippen LogP contribution >= 0.6 is 0 Å². The molecule has 0 spiro atoms. The molecule has 1 fully saturated rings. The lowest BCUT2D eigenvalue weighted by atomic mass is 10.1. The number of nitrogens with one attached hydrogen (secondary N) is 1. The summed E-state index contributed by atoms with van der Waals surface area (Å²) in [6.07, 6.45) is 3.61. The number of amides is 1. The van der Waals surface area contributed by atoms with Gasteiger partial charge in [-0.05, 0) is 38.4 Å². The van der Waals surface area contributed by atoms with Gasteiger partial charge in [-0.1, -0.05) is 0 Å². The van der Waals surface area contributed by atoms with Gasteiger partial charge < -0.3 is 19.7 Å². The largest absolute Gasteiger partial charge is 0.493 e. The molecule has 0 bridgehead atoms. The minimum absolute atomic E-state index is 0.145. The van der Waals surface area contributed by atoms with Crippen molar-refractivity contribution >= 4 is 16.8 Å². The van der Waals surface area contributed by atoms with Crippen molar-refractivity contribution in [1.29, 1.82) is 0 Å². The van der Waals surface area contributed by atoms with Crippen LogP contribution in [0.5, 0.6) is 11.5 Å². The molecule has 1 saturated heterocycles. The highest BCUT2D eigenvalue weighted by Gasteiger charge is 2.25. The first-order chi connectivity index (χ1) is 13.6. The molecular weight excluding hydrogens is 360 g/mol. The maximum absolute atomic E-state index is 12.8. The minimum Gasteiger partial charge on any atom is -0.493 e. The average molecular weight is 388 g/mol. The molecule has 28 heavy (non-hydrogen) atoms. The number of rotatable bonds is 8. The van der Waals surface area contributed by atoms with Gasteiger partial charge in [0.05, 0.1) is 31.4 Å². The third kappa shape index (κ3) is 4.27. The van der Waals surface area contributed by atoms with Gasteiger partial charge in [0.1, 0.15) is 0 Å².